The Labute approximate surface area is 99.5 Å². The zero-order chi connectivity index (χ0) is 11.3. The molecule has 0 saturated carbocycles. The van der Waals surface area contributed by atoms with Gasteiger partial charge in [-0.25, -0.2) is 0 Å². The molecule has 0 atom stereocenters. The van der Waals surface area contributed by atoms with Gasteiger partial charge in [0.15, 0.2) is 0 Å². The van der Waals surface area contributed by atoms with Crippen LogP contribution in [0.25, 0.3) is 0 Å². The number of rotatable bonds is 5. The Bertz CT molecular complexity index is 317. The van der Waals surface area contributed by atoms with E-state index in [0.717, 1.165) is 23.3 Å². The number of ether oxygens (including phenoxy) is 1. The summed E-state index contributed by atoms with van der Waals surface area (Å²) in [6.45, 7) is 1.95. The first-order valence-corrected chi connectivity index (χ1v) is 5.67. The van der Waals surface area contributed by atoms with E-state index >= 15 is 0 Å². The average molecular weight is 273 g/mol. The highest BCUT2D eigenvalue weighted by molar-refractivity contribution is 9.10. The lowest BCUT2D eigenvalue weighted by Gasteiger charge is -2.19. The number of likely N-dealkylation sites (N-methyl/N-ethyl adjacent to an activating group) is 2. The van der Waals surface area contributed by atoms with Crippen LogP contribution in [0, 0.1) is 0 Å². The standard InChI is InChI=1S/C11H17BrN2O/c1-13-6-7-14(2)9-4-5-11(15-3)10(12)8-9/h4-5,8,13H,6-7H2,1-3H3. The zero-order valence-electron chi connectivity index (χ0n) is 9.38. The summed E-state index contributed by atoms with van der Waals surface area (Å²) in [7, 11) is 5.70. The highest BCUT2D eigenvalue weighted by Gasteiger charge is 2.04. The lowest BCUT2D eigenvalue weighted by atomic mass is 10.3. The van der Waals surface area contributed by atoms with Crippen molar-refractivity contribution in [3.63, 3.8) is 0 Å². The molecule has 1 aromatic carbocycles. The summed E-state index contributed by atoms with van der Waals surface area (Å²) in [6, 6.07) is 6.09. The van der Waals surface area contributed by atoms with E-state index in [9.17, 15) is 0 Å². The normalized spacial score (nSPS) is 10.1. The first-order valence-electron chi connectivity index (χ1n) is 4.88. The number of methoxy groups -OCH3 is 1. The highest BCUT2D eigenvalue weighted by atomic mass is 79.9. The third kappa shape index (κ3) is 3.39. The third-order valence-corrected chi connectivity index (χ3v) is 2.89. The van der Waals surface area contributed by atoms with Crippen molar-refractivity contribution in [2.45, 2.75) is 0 Å². The van der Waals surface area contributed by atoms with Gasteiger partial charge in [0, 0.05) is 25.8 Å². The van der Waals surface area contributed by atoms with Crippen LogP contribution in [-0.4, -0.2) is 34.3 Å². The fourth-order valence-corrected chi connectivity index (χ4v) is 1.83. The maximum absolute atomic E-state index is 5.18. The molecule has 0 heterocycles. The predicted molar refractivity (Wildman–Crippen MR) is 67.9 cm³/mol. The first kappa shape index (κ1) is 12.3. The monoisotopic (exact) mass is 272 g/mol. The lowest BCUT2D eigenvalue weighted by molar-refractivity contribution is 0.412. The van der Waals surface area contributed by atoms with Gasteiger partial charge in [0.2, 0.25) is 0 Å². The van der Waals surface area contributed by atoms with Crippen LogP contribution in [-0.2, 0) is 0 Å². The van der Waals surface area contributed by atoms with Crippen molar-refractivity contribution in [1.29, 1.82) is 0 Å². The predicted octanol–water partition coefficient (Wildman–Crippen LogP) is 2.11. The number of hydrogen-bond acceptors (Lipinski definition) is 3. The zero-order valence-corrected chi connectivity index (χ0v) is 11.0. The Morgan fingerprint density at radius 1 is 1.47 bits per heavy atom. The Morgan fingerprint density at radius 2 is 2.20 bits per heavy atom. The van der Waals surface area contributed by atoms with Gasteiger partial charge in [-0.05, 0) is 41.2 Å². The SMILES string of the molecule is CNCCN(C)c1ccc(OC)c(Br)c1. The summed E-state index contributed by atoms with van der Waals surface area (Å²) in [5, 5.41) is 3.13. The molecular formula is C11H17BrN2O. The maximum Gasteiger partial charge on any atom is 0.133 e. The number of nitrogens with one attached hydrogen (secondary N) is 1. The minimum absolute atomic E-state index is 0.862. The van der Waals surface area contributed by atoms with Gasteiger partial charge in [-0.2, -0.15) is 0 Å². The number of halogens is 1. The van der Waals surface area contributed by atoms with Crippen molar-refractivity contribution < 1.29 is 4.74 Å². The van der Waals surface area contributed by atoms with Crippen molar-refractivity contribution in [3.05, 3.63) is 22.7 Å². The van der Waals surface area contributed by atoms with E-state index in [-0.39, 0.29) is 0 Å². The molecule has 1 N–H and O–H groups in total. The Hall–Kier alpha value is -0.740. The van der Waals surface area contributed by atoms with Gasteiger partial charge in [0.05, 0.1) is 11.6 Å². The van der Waals surface area contributed by atoms with Crippen LogP contribution in [0.15, 0.2) is 22.7 Å². The van der Waals surface area contributed by atoms with Crippen molar-refractivity contribution in [1.82, 2.24) is 5.32 Å². The molecule has 0 unspecified atom stereocenters. The molecule has 0 saturated heterocycles. The number of hydrogen-bond donors (Lipinski definition) is 1. The smallest absolute Gasteiger partial charge is 0.133 e. The van der Waals surface area contributed by atoms with Crippen LogP contribution in [0.1, 0.15) is 0 Å². The molecule has 0 bridgehead atoms. The van der Waals surface area contributed by atoms with Crippen molar-refractivity contribution >= 4 is 21.6 Å². The van der Waals surface area contributed by atoms with Crippen LogP contribution < -0.4 is 15.0 Å². The molecule has 4 heteroatoms. The van der Waals surface area contributed by atoms with Gasteiger partial charge in [0.1, 0.15) is 5.75 Å². The van der Waals surface area contributed by atoms with E-state index in [1.807, 2.05) is 13.1 Å². The van der Waals surface area contributed by atoms with Gasteiger partial charge in [-0.15, -0.1) is 0 Å². The van der Waals surface area contributed by atoms with E-state index in [0.29, 0.717) is 0 Å². The Balaban J connectivity index is 2.73. The number of benzene rings is 1. The maximum atomic E-state index is 5.18. The topological polar surface area (TPSA) is 24.5 Å². The molecule has 0 aliphatic heterocycles. The van der Waals surface area contributed by atoms with E-state index in [2.05, 4.69) is 45.3 Å². The Kier molecular flexibility index (Phi) is 4.91. The van der Waals surface area contributed by atoms with E-state index < -0.39 is 0 Å². The van der Waals surface area contributed by atoms with Gasteiger partial charge in [-0.3, -0.25) is 0 Å². The van der Waals surface area contributed by atoms with Gasteiger partial charge < -0.3 is 15.0 Å². The second kappa shape index (κ2) is 5.98. The van der Waals surface area contributed by atoms with Crippen molar-refractivity contribution in [2.24, 2.45) is 0 Å². The molecule has 84 valence electrons. The largest absolute Gasteiger partial charge is 0.496 e. The summed E-state index contributed by atoms with van der Waals surface area (Å²) >= 11 is 3.48. The average Bonchev–Trinajstić information content (AvgIpc) is 2.25. The minimum atomic E-state index is 0.862. The van der Waals surface area contributed by atoms with Gasteiger partial charge >= 0.3 is 0 Å². The number of nitrogens with zero attached hydrogens (tertiary/aromatic N) is 1. The molecule has 0 amide bonds. The molecule has 0 aromatic heterocycles. The van der Waals surface area contributed by atoms with E-state index in [1.165, 1.54) is 5.69 Å². The van der Waals surface area contributed by atoms with Crippen LogP contribution in [0.5, 0.6) is 5.75 Å². The highest BCUT2D eigenvalue weighted by Crippen LogP contribution is 2.28. The second-order valence-corrected chi connectivity index (χ2v) is 4.20. The molecular weight excluding hydrogens is 256 g/mol. The van der Waals surface area contributed by atoms with E-state index in [4.69, 9.17) is 4.74 Å². The second-order valence-electron chi connectivity index (χ2n) is 3.34. The van der Waals surface area contributed by atoms with Gasteiger partial charge in [0.25, 0.3) is 0 Å². The van der Waals surface area contributed by atoms with Crippen molar-refractivity contribution in [2.75, 3.05) is 39.2 Å². The first-order chi connectivity index (χ1) is 7.19. The molecule has 0 spiro atoms. The molecule has 1 rings (SSSR count). The molecule has 0 aliphatic rings. The van der Waals surface area contributed by atoms with Crippen LogP contribution in [0.2, 0.25) is 0 Å². The molecule has 1 aromatic rings. The molecule has 15 heavy (non-hydrogen) atoms. The third-order valence-electron chi connectivity index (χ3n) is 2.27. The molecule has 0 fully saturated rings. The fourth-order valence-electron chi connectivity index (χ4n) is 1.30. The molecule has 0 aliphatic carbocycles. The summed E-state index contributed by atoms with van der Waals surface area (Å²) in [5.74, 6) is 0.862. The fraction of sp³-hybridized carbons (Fsp3) is 0.455. The van der Waals surface area contributed by atoms with Crippen LogP contribution in [0.4, 0.5) is 5.69 Å². The summed E-state index contributed by atoms with van der Waals surface area (Å²) in [6.07, 6.45) is 0. The quantitative estimate of drug-likeness (QED) is 0.889. The van der Waals surface area contributed by atoms with Crippen LogP contribution >= 0.6 is 15.9 Å². The number of anilines is 1. The summed E-state index contributed by atoms with van der Waals surface area (Å²) < 4.78 is 6.17. The molecule has 3 nitrogen and oxygen atoms in total. The molecule has 0 radical (unpaired) electrons. The summed E-state index contributed by atoms with van der Waals surface area (Å²) in [5.41, 5.74) is 1.18. The summed E-state index contributed by atoms with van der Waals surface area (Å²) in [4.78, 5) is 2.20. The van der Waals surface area contributed by atoms with Crippen molar-refractivity contribution in [3.8, 4) is 5.75 Å². The lowest BCUT2D eigenvalue weighted by Crippen LogP contribution is -2.26. The van der Waals surface area contributed by atoms with Crippen LogP contribution in [0.3, 0.4) is 0 Å². The van der Waals surface area contributed by atoms with Gasteiger partial charge in [-0.1, -0.05) is 0 Å². The minimum Gasteiger partial charge on any atom is -0.496 e. The van der Waals surface area contributed by atoms with E-state index in [1.54, 1.807) is 7.11 Å². The Morgan fingerprint density at radius 3 is 2.73 bits per heavy atom.